The molecule has 0 radical (unpaired) electrons. The molecule has 1 aromatic heterocycles. The first-order chi connectivity index (χ1) is 7.22. The van der Waals surface area contributed by atoms with Crippen LogP contribution in [-0.4, -0.2) is 11.3 Å². The van der Waals surface area contributed by atoms with Gasteiger partial charge in [-0.2, -0.15) is 0 Å². The monoisotopic (exact) mass is 223 g/mol. The van der Waals surface area contributed by atoms with Crippen LogP contribution in [0.15, 0.2) is 30.3 Å². The van der Waals surface area contributed by atoms with Crippen molar-refractivity contribution in [1.29, 1.82) is 0 Å². The summed E-state index contributed by atoms with van der Waals surface area (Å²) in [6.45, 7) is 0. The largest absolute Gasteiger partial charge is 0.345 e. The van der Waals surface area contributed by atoms with Crippen molar-refractivity contribution in [2.75, 3.05) is 0 Å². The van der Waals surface area contributed by atoms with E-state index in [1.165, 1.54) is 12.1 Å². The van der Waals surface area contributed by atoms with Gasteiger partial charge in [0.05, 0.1) is 11.3 Å². The van der Waals surface area contributed by atoms with Crippen molar-refractivity contribution in [3.05, 3.63) is 46.9 Å². The molecule has 0 fully saturated rings. The lowest BCUT2D eigenvalue weighted by atomic mass is 10.1. The molecule has 0 unspecified atom stereocenters. The second kappa shape index (κ2) is 3.87. The Bertz CT molecular complexity index is 507. The number of aldehydes is 1. The maximum atomic E-state index is 13.4. The highest BCUT2D eigenvalue weighted by Gasteiger charge is 2.09. The van der Waals surface area contributed by atoms with Crippen LogP contribution in [0.25, 0.3) is 11.3 Å². The Hall–Kier alpha value is -1.61. The van der Waals surface area contributed by atoms with Crippen molar-refractivity contribution in [3.63, 3.8) is 0 Å². The summed E-state index contributed by atoms with van der Waals surface area (Å²) in [6.07, 6.45) is 0.628. The van der Waals surface area contributed by atoms with Gasteiger partial charge in [0.25, 0.3) is 0 Å². The van der Waals surface area contributed by atoms with Crippen molar-refractivity contribution in [2.24, 2.45) is 0 Å². The van der Waals surface area contributed by atoms with Gasteiger partial charge in [-0.25, -0.2) is 4.39 Å². The summed E-state index contributed by atoms with van der Waals surface area (Å²) in [4.78, 5) is 13.3. The molecule has 0 bridgehead atoms. The highest BCUT2D eigenvalue weighted by Crippen LogP contribution is 2.25. The highest BCUT2D eigenvalue weighted by atomic mass is 35.5. The zero-order valence-corrected chi connectivity index (χ0v) is 8.38. The Kier molecular flexibility index (Phi) is 2.56. The summed E-state index contributed by atoms with van der Waals surface area (Å²) in [5.41, 5.74) is 1.22. The number of aromatic amines is 1. The molecule has 76 valence electrons. The molecule has 1 aromatic carbocycles. The van der Waals surface area contributed by atoms with Gasteiger partial charge in [0.1, 0.15) is 11.0 Å². The van der Waals surface area contributed by atoms with E-state index < -0.39 is 0 Å². The number of hydrogen-bond acceptors (Lipinski definition) is 1. The zero-order valence-electron chi connectivity index (χ0n) is 7.63. The number of H-pyrrole nitrogens is 1. The van der Waals surface area contributed by atoms with Crippen LogP contribution < -0.4 is 0 Å². The fourth-order valence-corrected chi connectivity index (χ4v) is 1.56. The molecule has 0 aliphatic rings. The molecule has 2 nitrogen and oxygen atoms in total. The van der Waals surface area contributed by atoms with E-state index >= 15 is 0 Å². The normalized spacial score (nSPS) is 10.3. The van der Waals surface area contributed by atoms with Crippen molar-refractivity contribution in [3.8, 4) is 11.3 Å². The number of nitrogens with one attached hydrogen (secondary N) is 1. The predicted octanol–water partition coefficient (Wildman–Crippen LogP) is 3.29. The SMILES string of the molecule is O=Cc1cc(-c2ccccc2F)[nH]c1Cl. The third-order valence-corrected chi connectivity index (χ3v) is 2.40. The van der Waals surface area contributed by atoms with Crippen LogP contribution in [0.5, 0.6) is 0 Å². The van der Waals surface area contributed by atoms with Gasteiger partial charge in [0, 0.05) is 5.56 Å². The summed E-state index contributed by atoms with van der Waals surface area (Å²) >= 11 is 5.74. The van der Waals surface area contributed by atoms with E-state index in [4.69, 9.17) is 11.6 Å². The minimum Gasteiger partial charge on any atom is -0.345 e. The molecule has 0 saturated carbocycles. The van der Waals surface area contributed by atoms with E-state index in [0.29, 0.717) is 23.1 Å². The number of halogens is 2. The van der Waals surface area contributed by atoms with Crippen LogP contribution in [0.3, 0.4) is 0 Å². The third kappa shape index (κ3) is 1.78. The average Bonchev–Trinajstić information content (AvgIpc) is 2.60. The van der Waals surface area contributed by atoms with E-state index in [2.05, 4.69) is 4.98 Å². The molecule has 2 rings (SSSR count). The molecule has 0 saturated heterocycles. The predicted molar refractivity (Wildman–Crippen MR) is 56.6 cm³/mol. The van der Waals surface area contributed by atoms with Gasteiger partial charge in [-0.1, -0.05) is 23.7 Å². The van der Waals surface area contributed by atoms with Gasteiger partial charge < -0.3 is 4.98 Å². The molecular formula is C11H7ClFNO. The first-order valence-corrected chi connectivity index (χ1v) is 4.69. The lowest BCUT2D eigenvalue weighted by Crippen LogP contribution is -1.82. The number of rotatable bonds is 2. The lowest BCUT2D eigenvalue weighted by molar-refractivity contribution is 0.112. The Morgan fingerprint density at radius 2 is 2.07 bits per heavy atom. The number of carbonyl (C=O) groups excluding carboxylic acids is 1. The van der Waals surface area contributed by atoms with Gasteiger partial charge in [-0.3, -0.25) is 4.79 Å². The molecule has 2 aromatic rings. The van der Waals surface area contributed by atoms with Crippen LogP contribution in [0.1, 0.15) is 10.4 Å². The smallest absolute Gasteiger partial charge is 0.153 e. The van der Waals surface area contributed by atoms with Crippen LogP contribution in [0.4, 0.5) is 4.39 Å². The molecule has 0 aliphatic heterocycles. The van der Waals surface area contributed by atoms with E-state index in [9.17, 15) is 9.18 Å². The van der Waals surface area contributed by atoms with Gasteiger partial charge in [-0.05, 0) is 18.2 Å². The summed E-state index contributed by atoms with van der Waals surface area (Å²) in [6, 6.07) is 7.81. The van der Waals surface area contributed by atoms with Crippen LogP contribution >= 0.6 is 11.6 Å². The zero-order chi connectivity index (χ0) is 10.8. The van der Waals surface area contributed by atoms with Crippen LogP contribution in [-0.2, 0) is 0 Å². The summed E-state index contributed by atoms with van der Waals surface area (Å²) in [5.74, 6) is -0.354. The van der Waals surface area contributed by atoms with Crippen LogP contribution in [0, 0.1) is 5.82 Å². The first kappa shape index (κ1) is 9.93. The topological polar surface area (TPSA) is 32.9 Å². The van der Waals surface area contributed by atoms with Gasteiger partial charge in [-0.15, -0.1) is 0 Å². The van der Waals surface area contributed by atoms with Crippen LogP contribution in [0.2, 0.25) is 5.15 Å². The van der Waals surface area contributed by atoms with E-state index in [0.717, 1.165) is 0 Å². The standard InChI is InChI=1S/C11H7ClFNO/c12-11-7(6-15)5-10(14-11)8-3-1-2-4-9(8)13/h1-6,14H. The summed E-state index contributed by atoms with van der Waals surface area (Å²) in [5, 5.41) is 0.225. The Balaban J connectivity index is 2.55. The second-order valence-corrected chi connectivity index (χ2v) is 3.43. The van der Waals surface area contributed by atoms with Gasteiger partial charge in [0.15, 0.2) is 6.29 Å². The van der Waals surface area contributed by atoms with Crippen molar-refractivity contribution in [1.82, 2.24) is 4.98 Å². The number of aromatic nitrogens is 1. The molecule has 4 heteroatoms. The number of carbonyl (C=O) groups is 1. The summed E-state index contributed by atoms with van der Waals surface area (Å²) in [7, 11) is 0. The van der Waals surface area contributed by atoms with Crippen molar-refractivity contribution >= 4 is 17.9 Å². The Morgan fingerprint density at radius 1 is 1.33 bits per heavy atom. The molecular weight excluding hydrogens is 217 g/mol. The molecule has 1 heterocycles. The number of hydrogen-bond donors (Lipinski definition) is 1. The molecule has 1 N–H and O–H groups in total. The fraction of sp³-hybridized carbons (Fsp3) is 0. The average molecular weight is 224 g/mol. The maximum absolute atomic E-state index is 13.4. The van der Waals surface area contributed by atoms with E-state index in [1.807, 2.05) is 0 Å². The Labute approximate surface area is 90.7 Å². The fourth-order valence-electron chi connectivity index (χ4n) is 1.36. The second-order valence-electron chi connectivity index (χ2n) is 3.05. The van der Waals surface area contributed by atoms with E-state index in [1.54, 1.807) is 18.2 Å². The maximum Gasteiger partial charge on any atom is 0.153 e. The molecule has 0 atom stereocenters. The van der Waals surface area contributed by atoms with Gasteiger partial charge in [0.2, 0.25) is 0 Å². The summed E-state index contributed by atoms with van der Waals surface area (Å²) < 4.78 is 13.4. The highest BCUT2D eigenvalue weighted by molar-refractivity contribution is 6.32. The third-order valence-electron chi connectivity index (χ3n) is 2.09. The van der Waals surface area contributed by atoms with Gasteiger partial charge >= 0.3 is 0 Å². The minimum atomic E-state index is -0.354. The Morgan fingerprint density at radius 3 is 2.67 bits per heavy atom. The first-order valence-electron chi connectivity index (χ1n) is 4.31. The minimum absolute atomic E-state index is 0.225. The lowest BCUT2D eigenvalue weighted by Gasteiger charge is -1.98. The molecule has 0 spiro atoms. The van der Waals surface area contributed by atoms with E-state index in [-0.39, 0.29) is 11.0 Å². The van der Waals surface area contributed by atoms with Crippen molar-refractivity contribution < 1.29 is 9.18 Å². The quantitative estimate of drug-likeness (QED) is 0.779. The molecule has 0 amide bonds. The molecule has 15 heavy (non-hydrogen) atoms. The molecule has 0 aliphatic carbocycles. The van der Waals surface area contributed by atoms with Crippen molar-refractivity contribution in [2.45, 2.75) is 0 Å². The number of benzene rings is 1.